The van der Waals surface area contributed by atoms with Crippen LogP contribution in [0.5, 0.6) is 5.75 Å². The lowest BCUT2D eigenvalue weighted by Gasteiger charge is -2.18. The fraction of sp³-hybridized carbons (Fsp3) is 0.619. The van der Waals surface area contributed by atoms with Crippen molar-refractivity contribution >= 4 is 23.6 Å². The fourth-order valence-electron chi connectivity index (χ4n) is 2.68. The lowest BCUT2D eigenvalue weighted by Crippen LogP contribution is -2.47. The van der Waals surface area contributed by atoms with Crippen LogP contribution in [0.3, 0.4) is 0 Å². The van der Waals surface area contributed by atoms with Crippen molar-refractivity contribution in [2.24, 2.45) is 0 Å². The van der Waals surface area contributed by atoms with E-state index in [4.69, 9.17) is 4.74 Å². The van der Waals surface area contributed by atoms with Gasteiger partial charge >= 0.3 is 0 Å². The molecule has 0 aromatic heterocycles. The number of hydrogen-bond donors (Lipinski definition) is 2. The van der Waals surface area contributed by atoms with Crippen molar-refractivity contribution in [3.63, 3.8) is 0 Å². The molecule has 0 heterocycles. The van der Waals surface area contributed by atoms with E-state index in [-0.39, 0.29) is 17.6 Å². The average Bonchev–Trinajstić information content (AvgIpc) is 2.65. The molecule has 28 heavy (non-hydrogen) atoms. The highest BCUT2D eigenvalue weighted by atomic mass is 32.2. The largest absolute Gasteiger partial charge is 0.493 e. The predicted octanol–water partition coefficient (Wildman–Crippen LogP) is 3.84. The number of rotatable bonds is 14. The molecule has 2 N–H and O–H groups in total. The molecular formula is C21H33FN2O3S. The number of unbranched alkanes of at least 4 members (excludes halogenated alkanes) is 2. The quantitative estimate of drug-likeness (QED) is 0.456. The molecule has 1 unspecified atom stereocenters. The minimum Gasteiger partial charge on any atom is -0.493 e. The average molecular weight is 413 g/mol. The molecule has 0 saturated carbocycles. The van der Waals surface area contributed by atoms with Crippen molar-refractivity contribution in [3.05, 3.63) is 29.6 Å². The highest BCUT2D eigenvalue weighted by Gasteiger charge is 2.19. The van der Waals surface area contributed by atoms with Gasteiger partial charge in [0.15, 0.2) is 0 Å². The molecule has 0 radical (unpaired) electrons. The second-order valence-electron chi connectivity index (χ2n) is 6.82. The number of amides is 2. The Morgan fingerprint density at radius 2 is 2.00 bits per heavy atom. The first-order valence-electron chi connectivity index (χ1n) is 9.92. The van der Waals surface area contributed by atoms with E-state index in [0.29, 0.717) is 31.7 Å². The molecule has 158 valence electrons. The van der Waals surface area contributed by atoms with Crippen LogP contribution < -0.4 is 15.4 Å². The second-order valence-corrected chi connectivity index (χ2v) is 7.80. The van der Waals surface area contributed by atoms with Gasteiger partial charge < -0.3 is 15.4 Å². The minimum atomic E-state index is -0.467. The van der Waals surface area contributed by atoms with Gasteiger partial charge in [0.05, 0.1) is 6.61 Å². The van der Waals surface area contributed by atoms with Crippen LogP contribution in [0.1, 0.15) is 51.0 Å². The predicted molar refractivity (Wildman–Crippen MR) is 113 cm³/mol. The Bertz CT molecular complexity index is 593. The number of carbonyl (C=O) groups excluding carboxylic acids is 2. The summed E-state index contributed by atoms with van der Waals surface area (Å²) in [5, 5.41) is 5.70. The van der Waals surface area contributed by atoms with Crippen molar-refractivity contribution in [2.75, 3.05) is 25.2 Å². The Hall–Kier alpha value is -1.76. The van der Waals surface area contributed by atoms with Gasteiger partial charge in [-0.15, -0.1) is 0 Å². The van der Waals surface area contributed by atoms with Crippen LogP contribution in [0, 0.1) is 12.7 Å². The molecule has 0 aliphatic rings. The Kier molecular flexibility index (Phi) is 12.4. The van der Waals surface area contributed by atoms with Gasteiger partial charge in [-0.25, -0.2) is 4.39 Å². The molecule has 0 fully saturated rings. The van der Waals surface area contributed by atoms with Gasteiger partial charge in [0.25, 0.3) is 0 Å². The third-order valence-corrected chi connectivity index (χ3v) is 4.79. The van der Waals surface area contributed by atoms with Crippen LogP contribution in [-0.2, 0) is 9.59 Å². The first kappa shape index (κ1) is 24.3. The van der Waals surface area contributed by atoms with Gasteiger partial charge in [-0.05, 0) is 68.7 Å². The smallest absolute Gasteiger partial charge is 0.242 e. The number of halogens is 1. The first-order chi connectivity index (χ1) is 13.5. The maximum atomic E-state index is 13.3. The molecule has 1 atom stereocenters. The van der Waals surface area contributed by atoms with Crippen LogP contribution in [0.4, 0.5) is 4.39 Å². The summed E-state index contributed by atoms with van der Waals surface area (Å²) in [6, 6.07) is 4.17. The molecule has 0 saturated heterocycles. The molecule has 2 amide bonds. The number of aryl methyl sites for hydroxylation is 1. The van der Waals surface area contributed by atoms with Crippen LogP contribution in [0.25, 0.3) is 0 Å². The summed E-state index contributed by atoms with van der Waals surface area (Å²) in [5.74, 6) is 0.847. The van der Waals surface area contributed by atoms with Crippen LogP contribution in [0.2, 0.25) is 0 Å². The number of benzene rings is 1. The summed E-state index contributed by atoms with van der Waals surface area (Å²) in [6.07, 6.45) is 6.21. The topological polar surface area (TPSA) is 67.4 Å². The number of thioether (sulfide) groups is 1. The third kappa shape index (κ3) is 10.5. The molecule has 1 rings (SSSR count). The van der Waals surface area contributed by atoms with Crippen molar-refractivity contribution in [2.45, 2.75) is 58.4 Å². The van der Waals surface area contributed by atoms with E-state index >= 15 is 0 Å². The lowest BCUT2D eigenvalue weighted by atomic mass is 10.1. The molecule has 1 aromatic carbocycles. The molecule has 5 nitrogen and oxygen atoms in total. The molecule has 0 bridgehead atoms. The van der Waals surface area contributed by atoms with Gasteiger partial charge in [-0.1, -0.05) is 6.92 Å². The highest BCUT2D eigenvalue weighted by molar-refractivity contribution is 7.98. The Morgan fingerprint density at radius 1 is 1.21 bits per heavy atom. The zero-order valence-corrected chi connectivity index (χ0v) is 18.0. The van der Waals surface area contributed by atoms with E-state index < -0.39 is 6.04 Å². The van der Waals surface area contributed by atoms with Gasteiger partial charge in [0, 0.05) is 19.0 Å². The van der Waals surface area contributed by atoms with Crippen LogP contribution in [0.15, 0.2) is 18.2 Å². The zero-order valence-electron chi connectivity index (χ0n) is 17.2. The standard InChI is InChI=1S/C21H33FN2O3S/c1-4-10-23-21(26)19(9-12-28-3)24-20(25)8-6-5-7-11-27-18-14-16(2)13-17(22)15-18/h13-15,19H,4-12H2,1-3H3,(H,23,26)(H,24,25). The van der Waals surface area contributed by atoms with Gasteiger partial charge in [-0.2, -0.15) is 11.8 Å². The SMILES string of the molecule is CCCNC(=O)C(CCSC)NC(=O)CCCCCOc1cc(C)cc(F)c1. The number of nitrogens with one attached hydrogen (secondary N) is 2. The highest BCUT2D eigenvalue weighted by Crippen LogP contribution is 2.16. The van der Waals surface area contributed by atoms with E-state index in [1.54, 1.807) is 17.8 Å². The second kappa shape index (κ2) is 14.3. The molecule has 7 heteroatoms. The number of carbonyl (C=O) groups is 2. The normalized spacial score (nSPS) is 11.7. The summed E-state index contributed by atoms with van der Waals surface area (Å²) in [4.78, 5) is 24.3. The molecule has 0 aliphatic carbocycles. The van der Waals surface area contributed by atoms with Crippen molar-refractivity contribution in [3.8, 4) is 5.75 Å². The zero-order chi connectivity index (χ0) is 20.8. The fourth-order valence-corrected chi connectivity index (χ4v) is 3.15. The number of ether oxygens (including phenoxy) is 1. The summed E-state index contributed by atoms with van der Waals surface area (Å²) in [7, 11) is 0. The summed E-state index contributed by atoms with van der Waals surface area (Å²) >= 11 is 1.66. The van der Waals surface area contributed by atoms with E-state index in [9.17, 15) is 14.0 Å². The van der Waals surface area contributed by atoms with E-state index in [1.165, 1.54) is 12.1 Å². The maximum Gasteiger partial charge on any atom is 0.242 e. The maximum absolute atomic E-state index is 13.3. The third-order valence-electron chi connectivity index (χ3n) is 4.14. The summed E-state index contributed by atoms with van der Waals surface area (Å²) in [5.41, 5.74) is 0.825. The Balaban J connectivity index is 2.25. The molecule has 0 spiro atoms. The van der Waals surface area contributed by atoms with E-state index in [0.717, 1.165) is 37.0 Å². The van der Waals surface area contributed by atoms with Gasteiger partial charge in [0.2, 0.25) is 11.8 Å². The number of hydrogen-bond acceptors (Lipinski definition) is 4. The van der Waals surface area contributed by atoms with Crippen molar-refractivity contribution in [1.82, 2.24) is 10.6 Å². The molecule has 1 aromatic rings. The van der Waals surface area contributed by atoms with Gasteiger partial charge in [0.1, 0.15) is 17.6 Å². The van der Waals surface area contributed by atoms with Crippen LogP contribution in [-0.4, -0.2) is 43.0 Å². The molecule has 0 aliphatic heterocycles. The lowest BCUT2D eigenvalue weighted by molar-refractivity contribution is -0.129. The van der Waals surface area contributed by atoms with Crippen LogP contribution >= 0.6 is 11.8 Å². The Morgan fingerprint density at radius 3 is 2.68 bits per heavy atom. The summed E-state index contributed by atoms with van der Waals surface area (Å²) < 4.78 is 18.9. The van der Waals surface area contributed by atoms with Crippen molar-refractivity contribution in [1.29, 1.82) is 0 Å². The minimum absolute atomic E-state index is 0.0978. The van der Waals surface area contributed by atoms with E-state index in [1.807, 2.05) is 20.1 Å². The first-order valence-corrected chi connectivity index (χ1v) is 11.3. The molecular weight excluding hydrogens is 379 g/mol. The summed E-state index contributed by atoms with van der Waals surface area (Å²) in [6.45, 7) is 4.92. The van der Waals surface area contributed by atoms with Gasteiger partial charge in [-0.3, -0.25) is 9.59 Å². The van der Waals surface area contributed by atoms with Crippen molar-refractivity contribution < 1.29 is 18.7 Å². The van der Waals surface area contributed by atoms with E-state index in [2.05, 4.69) is 10.6 Å². The monoisotopic (exact) mass is 412 g/mol. The Labute approximate surface area is 172 Å².